The van der Waals surface area contributed by atoms with Crippen molar-refractivity contribution in [2.45, 2.75) is 42.4 Å². The second-order valence-electron chi connectivity index (χ2n) is 4.92. The minimum atomic E-state index is -0.852. The van der Waals surface area contributed by atoms with Crippen LogP contribution >= 0.6 is 23.5 Å². The van der Waals surface area contributed by atoms with Crippen molar-refractivity contribution in [3.63, 3.8) is 0 Å². The van der Waals surface area contributed by atoms with E-state index < -0.39 is 5.97 Å². The molecule has 0 saturated heterocycles. The number of carbonyl (C=O) groups is 1. The highest BCUT2D eigenvalue weighted by Gasteiger charge is 2.26. The summed E-state index contributed by atoms with van der Waals surface area (Å²) in [5, 5.41) is 13.6. The number of aromatic carboxylic acids is 1. The largest absolute Gasteiger partial charge is 0.478 e. The summed E-state index contributed by atoms with van der Waals surface area (Å²) in [6, 6.07) is 6.07. The van der Waals surface area contributed by atoms with E-state index in [0.717, 1.165) is 34.4 Å². The molecule has 2 rings (SSSR count). The van der Waals surface area contributed by atoms with Crippen molar-refractivity contribution in [3.05, 3.63) is 23.8 Å². The van der Waals surface area contributed by atoms with Gasteiger partial charge in [0.05, 0.1) is 11.3 Å². The molecule has 20 heavy (non-hydrogen) atoms. The molecule has 1 aliphatic rings. The van der Waals surface area contributed by atoms with Crippen LogP contribution < -0.4 is 5.32 Å². The molecule has 1 fully saturated rings. The van der Waals surface area contributed by atoms with E-state index in [-0.39, 0.29) is 0 Å². The number of thioether (sulfide) groups is 2. The molecule has 3 nitrogen and oxygen atoms in total. The van der Waals surface area contributed by atoms with E-state index in [4.69, 9.17) is 0 Å². The Bertz CT molecular complexity index is 479. The third kappa shape index (κ3) is 3.64. The van der Waals surface area contributed by atoms with E-state index in [1.807, 2.05) is 36.2 Å². The van der Waals surface area contributed by atoms with Crippen LogP contribution in [0, 0.1) is 0 Å². The molecule has 0 aliphatic heterocycles. The number of hydrogen-bond donors (Lipinski definition) is 2. The zero-order chi connectivity index (χ0) is 14.5. The Morgan fingerprint density at radius 2 is 2.25 bits per heavy atom. The molecular weight excluding hydrogens is 290 g/mol. The molecule has 1 aliphatic carbocycles. The average molecular weight is 311 g/mol. The molecule has 1 aromatic carbocycles. The van der Waals surface area contributed by atoms with Gasteiger partial charge in [0, 0.05) is 16.2 Å². The SMILES string of the molecule is CCSC1CCC(Nc2cccc(SC)c2C(=O)O)C1. The number of nitrogens with one attached hydrogen (secondary N) is 1. The van der Waals surface area contributed by atoms with Crippen LogP contribution in [0.4, 0.5) is 5.69 Å². The standard InChI is InChI=1S/C15H21NO2S2/c1-3-20-11-8-7-10(9-11)16-12-5-4-6-13(19-2)14(12)15(17)18/h4-6,10-11,16H,3,7-9H2,1-2H3,(H,17,18). The summed E-state index contributed by atoms with van der Waals surface area (Å²) >= 11 is 3.49. The Hall–Kier alpha value is -0.810. The van der Waals surface area contributed by atoms with Gasteiger partial charge in [-0.05, 0) is 43.4 Å². The maximum Gasteiger partial charge on any atom is 0.338 e. The minimum Gasteiger partial charge on any atom is -0.478 e. The topological polar surface area (TPSA) is 49.3 Å². The lowest BCUT2D eigenvalue weighted by molar-refractivity contribution is 0.0694. The molecule has 2 atom stereocenters. The van der Waals surface area contributed by atoms with Crippen LogP contribution in [0.3, 0.4) is 0 Å². The van der Waals surface area contributed by atoms with E-state index in [9.17, 15) is 9.90 Å². The minimum absolute atomic E-state index is 0.397. The summed E-state index contributed by atoms with van der Waals surface area (Å²) < 4.78 is 0. The second-order valence-corrected chi connectivity index (χ2v) is 7.35. The third-order valence-electron chi connectivity index (χ3n) is 3.61. The zero-order valence-corrected chi connectivity index (χ0v) is 13.5. The first kappa shape index (κ1) is 15.6. The number of rotatable bonds is 6. The summed E-state index contributed by atoms with van der Waals surface area (Å²) in [6.07, 6.45) is 5.39. The Morgan fingerprint density at radius 1 is 1.45 bits per heavy atom. The van der Waals surface area contributed by atoms with Gasteiger partial charge < -0.3 is 10.4 Å². The number of carboxylic acids is 1. The monoisotopic (exact) mass is 311 g/mol. The first-order chi connectivity index (χ1) is 9.65. The first-order valence-corrected chi connectivity index (χ1v) is 9.21. The Morgan fingerprint density at radius 3 is 2.90 bits per heavy atom. The molecule has 1 saturated carbocycles. The molecule has 0 heterocycles. The van der Waals surface area contributed by atoms with Crippen LogP contribution in [0.2, 0.25) is 0 Å². The molecule has 0 bridgehead atoms. The Labute approximate surface area is 128 Å². The molecule has 5 heteroatoms. The van der Waals surface area contributed by atoms with E-state index in [1.165, 1.54) is 18.2 Å². The Balaban J connectivity index is 2.12. The van der Waals surface area contributed by atoms with Crippen LogP contribution in [0.1, 0.15) is 36.5 Å². The molecule has 2 N–H and O–H groups in total. The molecule has 0 amide bonds. The third-order valence-corrected chi connectivity index (χ3v) is 5.62. The van der Waals surface area contributed by atoms with Gasteiger partial charge in [-0.15, -0.1) is 11.8 Å². The highest BCUT2D eigenvalue weighted by molar-refractivity contribution is 7.99. The molecule has 2 unspecified atom stereocenters. The Kier molecular flexibility index (Phi) is 5.66. The fourth-order valence-corrected chi connectivity index (χ4v) is 4.48. The maximum atomic E-state index is 11.5. The van der Waals surface area contributed by atoms with Gasteiger partial charge in [0.25, 0.3) is 0 Å². The summed E-state index contributed by atoms with van der Waals surface area (Å²) in [6.45, 7) is 2.19. The molecule has 0 spiro atoms. The van der Waals surface area contributed by atoms with E-state index in [0.29, 0.717) is 11.6 Å². The van der Waals surface area contributed by atoms with Crippen molar-refractivity contribution >= 4 is 35.2 Å². The van der Waals surface area contributed by atoms with Crippen LogP contribution in [0.5, 0.6) is 0 Å². The lowest BCUT2D eigenvalue weighted by Crippen LogP contribution is -2.18. The second kappa shape index (κ2) is 7.27. The van der Waals surface area contributed by atoms with E-state index >= 15 is 0 Å². The van der Waals surface area contributed by atoms with Gasteiger partial charge >= 0.3 is 5.97 Å². The predicted octanol–water partition coefficient (Wildman–Crippen LogP) is 4.19. The molecule has 1 aromatic rings. The number of benzene rings is 1. The van der Waals surface area contributed by atoms with Crippen molar-refractivity contribution < 1.29 is 9.90 Å². The van der Waals surface area contributed by atoms with Gasteiger partial charge in [0.2, 0.25) is 0 Å². The fraction of sp³-hybridized carbons (Fsp3) is 0.533. The zero-order valence-electron chi connectivity index (χ0n) is 11.9. The van der Waals surface area contributed by atoms with Crippen LogP contribution in [0.25, 0.3) is 0 Å². The van der Waals surface area contributed by atoms with Gasteiger partial charge in [-0.2, -0.15) is 11.8 Å². The van der Waals surface area contributed by atoms with Gasteiger partial charge in [0.1, 0.15) is 0 Å². The molecule has 0 radical (unpaired) electrons. The van der Waals surface area contributed by atoms with Gasteiger partial charge in [-0.25, -0.2) is 4.79 Å². The van der Waals surface area contributed by atoms with Gasteiger partial charge in [-0.3, -0.25) is 0 Å². The average Bonchev–Trinajstić information content (AvgIpc) is 2.86. The van der Waals surface area contributed by atoms with E-state index in [2.05, 4.69) is 12.2 Å². The quantitative estimate of drug-likeness (QED) is 0.771. The van der Waals surface area contributed by atoms with Crippen LogP contribution in [0.15, 0.2) is 23.1 Å². The van der Waals surface area contributed by atoms with Crippen molar-refractivity contribution in [2.75, 3.05) is 17.3 Å². The lowest BCUT2D eigenvalue weighted by Gasteiger charge is -2.17. The van der Waals surface area contributed by atoms with Crippen LogP contribution in [-0.2, 0) is 0 Å². The lowest BCUT2D eigenvalue weighted by atomic mass is 10.1. The van der Waals surface area contributed by atoms with Crippen molar-refractivity contribution in [1.29, 1.82) is 0 Å². The summed E-state index contributed by atoms with van der Waals surface area (Å²) in [5.41, 5.74) is 1.17. The van der Waals surface area contributed by atoms with Crippen molar-refractivity contribution in [1.82, 2.24) is 0 Å². The fourth-order valence-electron chi connectivity index (χ4n) is 2.72. The normalized spacial score (nSPS) is 21.9. The molecular formula is C15H21NO2S2. The smallest absolute Gasteiger partial charge is 0.338 e. The summed E-state index contributed by atoms with van der Waals surface area (Å²) in [5.74, 6) is 0.301. The van der Waals surface area contributed by atoms with Crippen LogP contribution in [-0.4, -0.2) is 34.4 Å². The number of hydrogen-bond acceptors (Lipinski definition) is 4. The van der Waals surface area contributed by atoms with E-state index in [1.54, 1.807) is 0 Å². The summed E-state index contributed by atoms with van der Waals surface area (Å²) in [4.78, 5) is 12.3. The maximum absolute atomic E-state index is 11.5. The first-order valence-electron chi connectivity index (χ1n) is 6.94. The highest BCUT2D eigenvalue weighted by Crippen LogP contribution is 2.34. The van der Waals surface area contributed by atoms with Crippen molar-refractivity contribution in [2.24, 2.45) is 0 Å². The highest BCUT2D eigenvalue weighted by atomic mass is 32.2. The predicted molar refractivity (Wildman–Crippen MR) is 88.4 cm³/mol. The summed E-state index contributed by atoms with van der Waals surface area (Å²) in [7, 11) is 0. The molecule has 110 valence electrons. The number of anilines is 1. The number of carboxylic acid groups (broad SMARTS) is 1. The van der Waals surface area contributed by atoms with Gasteiger partial charge in [0.15, 0.2) is 0 Å². The van der Waals surface area contributed by atoms with Gasteiger partial charge in [-0.1, -0.05) is 13.0 Å². The molecule has 0 aromatic heterocycles. The van der Waals surface area contributed by atoms with Crippen molar-refractivity contribution in [3.8, 4) is 0 Å².